The second-order valence-electron chi connectivity index (χ2n) is 5.57. The Morgan fingerprint density at radius 3 is 2.56 bits per heavy atom. The van der Waals surface area contributed by atoms with E-state index < -0.39 is 11.9 Å². The van der Waals surface area contributed by atoms with Crippen molar-refractivity contribution in [2.24, 2.45) is 0 Å². The predicted octanol–water partition coefficient (Wildman–Crippen LogP) is 5.19. The Labute approximate surface area is 165 Å². The fourth-order valence-corrected chi connectivity index (χ4v) is 3.31. The standard InChI is InChI=1S/C20H16ClNO4S/c1-13-16(10-11-25-13)20(24)26-12-19(23)22-17-4-2-3-5-18(17)27-15-8-6-14(21)7-9-15/h2-11H,12H2,1H3,(H,22,23). The van der Waals surface area contributed by atoms with Gasteiger partial charge in [0.05, 0.1) is 12.0 Å². The van der Waals surface area contributed by atoms with Gasteiger partial charge in [-0.1, -0.05) is 35.5 Å². The summed E-state index contributed by atoms with van der Waals surface area (Å²) in [5.74, 6) is -0.570. The van der Waals surface area contributed by atoms with Gasteiger partial charge < -0.3 is 14.5 Å². The maximum atomic E-state index is 12.2. The lowest BCUT2D eigenvalue weighted by atomic mass is 10.3. The molecule has 5 nitrogen and oxygen atoms in total. The number of nitrogens with one attached hydrogen (secondary N) is 1. The number of amides is 1. The minimum absolute atomic E-state index is 0.307. The zero-order chi connectivity index (χ0) is 19.2. The molecule has 1 amide bonds. The largest absolute Gasteiger partial charge is 0.469 e. The van der Waals surface area contributed by atoms with E-state index in [1.54, 1.807) is 13.0 Å². The smallest absolute Gasteiger partial charge is 0.342 e. The molecule has 3 rings (SSSR count). The van der Waals surface area contributed by atoms with Crippen molar-refractivity contribution in [2.45, 2.75) is 16.7 Å². The summed E-state index contributed by atoms with van der Waals surface area (Å²) in [4.78, 5) is 26.0. The maximum Gasteiger partial charge on any atom is 0.342 e. The van der Waals surface area contributed by atoms with E-state index in [0.29, 0.717) is 22.0 Å². The van der Waals surface area contributed by atoms with Crippen LogP contribution in [0.1, 0.15) is 16.1 Å². The zero-order valence-electron chi connectivity index (χ0n) is 14.4. The highest BCUT2D eigenvalue weighted by Gasteiger charge is 2.15. The van der Waals surface area contributed by atoms with Crippen LogP contribution in [0, 0.1) is 6.92 Å². The number of aryl methyl sites for hydroxylation is 1. The van der Waals surface area contributed by atoms with Gasteiger partial charge in [0.25, 0.3) is 5.91 Å². The summed E-state index contributed by atoms with van der Waals surface area (Å²) in [6, 6.07) is 16.3. The number of anilines is 1. The first kappa shape index (κ1) is 19.1. The molecule has 0 aliphatic heterocycles. The normalized spacial score (nSPS) is 10.4. The van der Waals surface area contributed by atoms with Gasteiger partial charge >= 0.3 is 5.97 Å². The number of para-hydroxylation sites is 1. The molecular weight excluding hydrogens is 386 g/mol. The third-order valence-electron chi connectivity index (χ3n) is 3.62. The van der Waals surface area contributed by atoms with Crippen LogP contribution in [0.5, 0.6) is 0 Å². The van der Waals surface area contributed by atoms with Crippen LogP contribution in [0.25, 0.3) is 0 Å². The van der Waals surface area contributed by atoms with Gasteiger partial charge in [0.15, 0.2) is 6.61 Å². The topological polar surface area (TPSA) is 68.5 Å². The highest BCUT2D eigenvalue weighted by atomic mass is 35.5. The van der Waals surface area contributed by atoms with Gasteiger partial charge in [-0.25, -0.2) is 4.79 Å². The van der Waals surface area contributed by atoms with E-state index >= 15 is 0 Å². The number of furan rings is 1. The molecule has 3 aromatic rings. The van der Waals surface area contributed by atoms with E-state index in [9.17, 15) is 9.59 Å². The van der Waals surface area contributed by atoms with E-state index in [-0.39, 0.29) is 6.61 Å². The van der Waals surface area contributed by atoms with Crippen LogP contribution in [0.15, 0.2) is 75.1 Å². The molecule has 0 radical (unpaired) electrons. The van der Waals surface area contributed by atoms with Crippen LogP contribution in [-0.4, -0.2) is 18.5 Å². The fraction of sp³-hybridized carbons (Fsp3) is 0.100. The van der Waals surface area contributed by atoms with E-state index in [2.05, 4.69) is 5.32 Å². The van der Waals surface area contributed by atoms with Crippen molar-refractivity contribution in [3.8, 4) is 0 Å². The van der Waals surface area contributed by atoms with E-state index in [4.69, 9.17) is 20.8 Å². The maximum absolute atomic E-state index is 12.2. The van der Waals surface area contributed by atoms with Gasteiger partial charge in [-0.3, -0.25) is 4.79 Å². The molecule has 0 unspecified atom stereocenters. The number of carbonyl (C=O) groups excluding carboxylic acids is 2. The Morgan fingerprint density at radius 1 is 1.11 bits per heavy atom. The molecule has 2 aromatic carbocycles. The molecule has 7 heteroatoms. The second-order valence-corrected chi connectivity index (χ2v) is 7.12. The van der Waals surface area contributed by atoms with Gasteiger partial charge in [-0.05, 0) is 49.4 Å². The van der Waals surface area contributed by atoms with Crippen LogP contribution in [0.4, 0.5) is 5.69 Å². The fourth-order valence-electron chi connectivity index (χ4n) is 2.28. The van der Waals surface area contributed by atoms with E-state index in [0.717, 1.165) is 9.79 Å². The first-order chi connectivity index (χ1) is 13.0. The third-order valence-corrected chi connectivity index (χ3v) is 4.95. The van der Waals surface area contributed by atoms with Gasteiger partial charge in [-0.15, -0.1) is 0 Å². The zero-order valence-corrected chi connectivity index (χ0v) is 16.0. The van der Waals surface area contributed by atoms with Crippen LogP contribution in [-0.2, 0) is 9.53 Å². The molecule has 1 heterocycles. The molecule has 0 atom stereocenters. The average Bonchev–Trinajstić information content (AvgIpc) is 3.09. The van der Waals surface area contributed by atoms with Crippen molar-refractivity contribution < 1.29 is 18.7 Å². The predicted molar refractivity (Wildman–Crippen MR) is 104 cm³/mol. The monoisotopic (exact) mass is 401 g/mol. The summed E-state index contributed by atoms with van der Waals surface area (Å²) in [6.07, 6.45) is 1.40. The first-order valence-corrected chi connectivity index (χ1v) is 9.26. The van der Waals surface area contributed by atoms with Gasteiger partial charge in [-0.2, -0.15) is 0 Å². The quantitative estimate of drug-likeness (QED) is 0.576. The number of hydrogen-bond acceptors (Lipinski definition) is 5. The Bertz CT molecular complexity index is 953. The summed E-state index contributed by atoms with van der Waals surface area (Å²) in [7, 11) is 0. The Kier molecular flexibility index (Phi) is 6.21. The molecule has 0 saturated carbocycles. The van der Waals surface area contributed by atoms with Crippen LogP contribution >= 0.6 is 23.4 Å². The molecule has 0 bridgehead atoms. The molecule has 0 saturated heterocycles. The van der Waals surface area contributed by atoms with Crippen molar-refractivity contribution >= 4 is 40.9 Å². The highest BCUT2D eigenvalue weighted by Crippen LogP contribution is 2.33. The number of hydrogen-bond donors (Lipinski definition) is 1. The molecule has 1 N–H and O–H groups in total. The number of ether oxygens (including phenoxy) is 1. The summed E-state index contributed by atoms with van der Waals surface area (Å²) in [5.41, 5.74) is 0.944. The van der Waals surface area contributed by atoms with Crippen LogP contribution in [0.2, 0.25) is 5.02 Å². The Morgan fingerprint density at radius 2 is 1.85 bits per heavy atom. The molecule has 1 aromatic heterocycles. The van der Waals surface area contributed by atoms with Crippen molar-refractivity contribution in [3.63, 3.8) is 0 Å². The molecule has 27 heavy (non-hydrogen) atoms. The molecule has 0 fully saturated rings. The van der Waals surface area contributed by atoms with Gasteiger partial charge in [0, 0.05) is 14.8 Å². The van der Waals surface area contributed by atoms with Crippen molar-refractivity contribution in [3.05, 3.63) is 77.2 Å². The molecule has 0 aliphatic carbocycles. The van der Waals surface area contributed by atoms with Crippen LogP contribution in [0.3, 0.4) is 0 Å². The highest BCUT2D eigenvalue weighted by molar-refractivity contribution is 7.99. The lowest BCUT2D eigenvalue weighted by Gasteiger charge is -2.11. The Balaban J connectivity index is 1.61. The number of esters is 1. The number of rotatable bonds is 6. The SMILES string of the molecule is Cc1occc1C(=O)OCC(=O)Nc1ccccc1Sc1ccc(Cl)cc1. The van der Waals surface area contributed by atoms with Gasteiger partial charge in [0.2, 0.25) is 0 Å². The first-order valence-electron chi connectivity index (χ1n) is 8.06. The Hall–Kier alpha value is -2.70. The molecule has 0 spiro atoms. The summed E-state index contributed by atoms with van der Waals surface area (Å²) in [5, 5.41) is 3.43. The lowest BCUT2D eigenvalue weighted by Crippen LogP contribution is -2.21. The molecular formula is C20H16ClNO4S. The minimum atomic E-state index is -0.597. The van der Waals surface area contributed by atoms with E-state index in [1.807, 2.05) is 42.5 Å². The van der Waals surface area contributed by atoms with Crippen molar-refractivity contribution in [1.82, 2.24) is 0 Å². The minimum Gasteiger partial charge on any atom is -0.469 e. The number of carbonyl (C=O) groups is 2. The molecule has 138 valence electrons. The summed E-state index contributed by atoms with van der Waals surface area (Å²) < 4.78 is 10.1. The van der Waals surface area contributed by atoms with Crippen molar-refractivity contribution in [1.29, 1.82) is 0 Å². The van der Waals surface area contributed by atoms with E-state index in [1.165, 1.54) is 24.1 Å². The number of halogens is 1. The molecule has 0 aliphatic rings. The third kappa shape index (κ3) is 5.15. The second kappa shape index (κ2) is 8.79. The number of benzene rings is 2. The lowest BCUT2D eigenvalue weighted by molar-refractivity contribution is -0.119. The summed E-state index contributed by atoms with van der Waals surface area (Å²) >= 11 is 7.40. The summed E-state index contributed by atoms with van der Waals surface area (Å²) in [6.45, 7) is 1.27. The van der Waals surface area contributed by atoms with Gasteiger partial charge in [0.1, 0.15) is 11.3 Å². The average molecular weight is 402 g/mol. The van der Waals surface area contributed by atoms with Crippen LogP contribution < -0.4 is 5.32 Å². The van der Waals surface area contributed by atoms with Crippen molar-refractivity contribution in [2.75, 3.05) is 11.9 Å².